The number of amides is 1. The maximum Gasteiger partial charge on any atom is 0.243 e. The molecule has 0 unspecified atom stereocenters. The van der Waals surface area contributed by atoms with Gasteiger partial charge in [-0.3, -0.25) is 4.79 Å². The molecule has 0 aliphatic carbocycles. The number of nitrogens with zero attached hydrogens (tertiary/aromatic N) is 1. The maximum atomic E-state index is 13.4. The van der Waals surface area contributed by atoms with Crippen LogP contribution in [0.25, 0.3) is 0 Å². The van der Waals surface area contributed by atoms with Crippen molar-refractivity contribution in [3.63, 3.8) is 0 Å². The van der Waals surface area contributed by atoms with Gasteiger partial charge in [0.05, 0.1) is 21.5 Å². The van der Waals surface area contributed by atoms with E-state index in [1.165, 1.54) is 12.1 Å². The van der Waals surface area contributed by atoms with Gasteiger partial charge in [0.25, 0.3) is 0 Å². The van der Waals surface area contributed by atoms with Gasteiger partial charge in [-0.2, -0.15) is 4.31 Å². The highest BCUT2D eigenvalue weighted by Gasteiger charge is 2.27. The van der Waals surface area contributed by atoms with E-state index >= 15 is 0 Å². The zero-order valence-electron chi connectivity index (χ0n) is 19.7. The van der Waals surface area contributed by atoms with Gasteiger partial charge in [-0.1, -0.05) is 77.8 Å². The summed E-state index contributed by atoms with van der Waals surface area (Å²) in [7, 11) is -3.97. The summed E-state index contributed by atoms with van der Waals surface area (Å²) in [5, 5.41) is 3.41. The molecule has 190 valence electrons. The van der Waals surface area contributed by atoms with Gasteiger partial charge in [0.15, 0.2) is 0 Å². The molecule has 4 aromatic carbocycles. The molecule has 1 N–H and O–H groups in total. The Bertz CT molecular complexity index is 1450. The van der Waals surface area contributed by atoms with E-state index in [0.717, 1.165) is 9.87 Å². The van der Waals surface area contributed by atoms with Crippen molar-refractivity contribution < 1.29 is 17.9 Å². The summed E-state index contributed by atoms with van der Waals surface area (Å²) < 4.78 is 33.6. The molecule has 0 aliphatic rings. The van der Waals surface area contributed by atoms with Gasteiger partial charge in [-0.15, -0.1) is 0 Å². The minimum atomic E-state index is -3.97. The number of sulfonamides is 1. The van der Waals surface area contributed by atoms with Crippen LogP contribution in [0.4, 0.5) is 5.69 Å². The molecule has 0 saturated carbocycles. The Balaban J connectivity index is 1.46. The molecule has 0 radical (unpaired) electrons. The maximum absolute atomic E-state index is 13.4. The Kier molecular flexibility index (Phi) is 8.84. The lowest BCUT2D eigenvalue weighted by Crippen LogP contribution is -2.37. The van der Waals surface area contributed by atoms with Crippen molar-refractivity contribution in [2.24, 2.45) is 0 Å². The predicted octanol–water partition coefficient (Wildman–Crippen LogP) is 6.40. The number of carbonyl (C=O) groups excluding carboxylic acids is 1. The molecule has 0 aliphatic heterocycles. The number of nitrogens with one attached hydrogen (secondary N) is 1. The SMILES string of the molecule is O=C(CN(Cc1ccc(Cl)c(Cl)c1)S(=O)(=O)c1ccccc1)Nc1ccc(OCc2ccccc2)cc1. The van der Waals surface area contributed by atoms with Gasteiger partial charge in [-0.05, 0) is 59.7 Å². The van der Waals surface area contributed by atoms with Crippen LogP contribution in [0.15, 0.2) is 108 Å². The van der Waals surface area contributed by atoms with Crippen LogP contribution < -0.4 is 10.1 Å². The first-order chi connectivity index (χ1) is 17.8. The topological polar surface area (TPSA) is 75.7 Å². The van der Waals surface area contributed by atoms with Crippen LogP contribution in [0.1, 0.15) is 11.1 Å². The lowest BCUT2D eigenvalue weighted by Gasteiger charge is -2.22. The van der Waals surface area contributed by atoms with Crippen LogP contribution in [0.3, 0.4) is 0 Å². The third-order valence-electron chi connectivity index (χ3n) is 5.43. The molecule has 0 fully saturated rings. The number of halogens is 2. The smallest absolute Gasteiger partial charge is 0.243 e. The number of benzene rings is 4. The van der Waals surface area contributed by atoms with Crippen LogP contribution in [0, 0.1) is 0 Å². The Hall–Kier alpha value is -3.36. The molecule has 0 aromatic heterocycles. The van der Waals surface area contributed by atoms with Crippen LogP contribution in [0.5, 0.6) is 5.75 Å². The molecule has 0 heterocycles. The molecule has 0 bridgehead atoms. The van der Waals surface area contributed by atoms with Crippen molar-refractivity contribution in [2.75, 3.05) is 11.9 Å². The molecular weight excluding hydrogens is 531 g/mol. The number of ether oxygens (including phenoxy) is 1. The van der Waals surface area contributed by atoms with E-state index in [4.69, 9.17) is 27.9 Å². The van der Waals surface area contributed by atoms with Crippen molar-refractivity contribution in [1.29, 1.82) is 0 Å². The highest BCUT2D eigenvalue weighted by Crippen LogP contribution is 2.25. The zero-order valence-corrected chi connectivity index (χ0v) is 22.0. The van der Waals surface area contributed by atoms with E-state index < -0.39 is 22.5 Å². The van der Waals surface area contributed by atoms with Gasteiger partial charge >= 0.3 is 0 Å². The summed E-state index contributed by atoms with van der Waals surface area (Å²) in [5.74, 6) is 0.160. The Morgan fingerprint density at radius 2 is 1.43 bits per heavy atom. The van der Waals surface area contributed by atoms with E-state index in [1.54, 1.807) is 60.7 Å². The van der Waals surface area contributed by atoms with E-state index in [0.29, 0.717) is 33.7 Å². The largest absolute Gasteiger partial charge is 0.489 e. The third kappa shape index (κ3) is 7.33. The fourth-order valence-electron chi connectivity index (χ4n) is 3.55. The standard InChI is InChI=1S/C28H24Cl2N2O4S/c29-26-16-11-22(17-27(26)30)18-32(37(34,35)25-9-5-2-6-10-25)19-28(33)31-23-12-14-24(15-13-23)36-20-21-7-3-1-4-8-21/h1-17H,18-20H2,(H,31,33). The van der Waals surface area contributed by atoms with E-state index in [1.807, 2.05) is 30.3 Å². The highest BCUT2D eigenvalue weighted by molar-refractivity contribution is 7.89. The second-order valence-corrected chi connectivity index (χ2v) is 10.9. The Labute approximate surface area is 226 Å². The fourth-order valence-corrected chi connectivity index (χ4v) is 5.27. The molecule has 4 rings (SSSR count). The summed E-state index contributed by atoms with van der Waals surface area (Å²) in [4.78, 5) is 13.0. The van der Waals surface area contributed by atoms with Gasteiger partial charge in [0, 0.05) is 12.2 Å². The van der Waals surface area contributed by atoms with E-state index in [-0.39, 0.29) is 11.4 Å². The first kappa shape index (κ1) is 26.7. The number of hydrogen-bond acceptors (Lipinski definition) is 4. The first-order valence-electron chi connectivity index (χ1n) is 11.4. The van der Waals surface area contributed by atoms with E-state index in [2.05, 4.69) is 5.32 Å². The molecule has 1 amide bonds. The van der Waals surface area contributed by atoms with Crippen molar-refractivity contribution >= 4 is 44.8 Å². The summed E-state index contributed by atoms with van der Waals surface area (Å²) in [6.07, 6.45) is 0. The molecular formula is C28H24Cl2N2O4S. The minimum Gasteiger partial charge on any atom is -0.489 e. The van der Waals surface area contributed by atoms with Crippen molar-refractivity contribution in [1.82, 2.24) is 4.31 Å². The lowest BCUT2D eigenvalue weighted by molar-refractivity contribution is -0.116. The van der Waals surface area contributed by atoms with Crippen molar-refractivity contribution in [3.8, 4) is 5.75 Å². The quantitative estimate of drug-likeness (QED) is 0.246. The monoisotopic (exact) mass is 554 g/mol. The number of carbonyl (C=O) groups is 1. The van der Waals surface area contributed by atoms with E-state index in [9.17, 15) is 13.2 Å². The van der Waals surface area contributed by atoms with Crippen LogP contribution in [-0.4, -0.2) is 25.2 Å². The molecule has 4 aromatic rings. The average Bonchev–Trinajstić information content (AvgIpc) is 2.91. The highest BCUT2D eigenvalue weighted by atomic mass is 35.5. The zero-order chi connectivity index (χ0) is 26.3. The van der Waals surface area contributed by atoms with Crippen LogP contribution >= 0.6 is 23.2 Å². The molecule has 9 heteroatoms. The van der Waals surface area contributed by atoms with Gasteiger partial charge in [0.1, 0.15) is 12.4 Å². The normalized spacial score (nSPS) is 11.3. The summed E-state index contributed by atoms with van der Waals surface area (Å²) in [6, 6.07) is 29.5. The first-order valence-corrected chi connectivity index (χ1v) is 13.6. The molecule has 6 nitrogen and oxygen atoms in total. The van der Waals surface area contributed by atoms with Crippen molar-refractivity contribution in [3.05, 3.63) is 124 Å². The molecule has 0 spiro atoms. The minimum absolute atomic E-state index is 0.0617. The summed E-state index contributed by atoms with van der Waals surface area (Å²) in [6.45, 7) is -0.0366. The number of rotatable bonds is 10. The van der Waals surface area contributed by atoms with Crippen molar-refractivity contribution in [2.45, 2.75) is 18.0 Å². The van der Waals surface area contributed by atoms with Gasteiger partial charge in [-0.25, -0.2) is 8.42 Å². The summed E-state index contributed by atoms with van der Waals surface area (Å²) in [5.41, 5.74) is 2.16. The molecule has 0 atom stereocenters. The predicted molar refractivity (Wildman–Crippen MR) is 146 cm³/mol. The van der Waals surface area contributed by atoms with Gasteiger partial charge in [0.2, 0.25) is 15.9 Å². The second kappa shape index (κ2) is 12.3. The van der Waals surface area contributed by atoms with Crippen LogP contribution in [-0.2, 0) is 28.0 Å². The number of anilines is 1. The average molecular weight is 555 g/mol. The van der Waals surface area contributed by atoms with Gasteiger partial charge < -0.3 is 10.1 Å². The Morgan fingerprint density at radius 3 is 2.08 bits per heavy atom. The lowest BCUT2D eigenvalue weighted by atomic mass is 10.2. The Morgan fingerprint density at radius 1 is 0.784 bits per heavy atom. The molecule has 37 heavy (non-hydrogen) atoms. The summed E-state index contributed by atoms with van der Waals surface area (Å²) >= 11 is 12.1. The third-order valence-corrected chi connectivity index (χ3v) is 7.98. The second-order valence-electron chi connectivity index (χ2n) is 8.18. The fraction of sp³-hybridized carbons (Fsp3) is 0.107. The number of hydrogen-bond donors (Lipinski definition) is 1. The molecule has 0 saturated heterocycles. The van der Waals surface area contributed by atoms with Crippen LogP contribution in [0.2, 0.25) is 10.0 Å².